The number of benzene rings is 1. The molecule has 0 amide bonds. The average Bonchev–Trinajstić information content (AvgIpc) is 2.89. The lowest BCUT2D eigenvalue weighted by Crippen LogP contribution is -2.22. The van der Waals surface area contributed by atoms with Crippen molar-refractivity contribution in [3.63, 3.8) is 0 Å². The number of carbonyl (C=O) groups excluding carboxylic acids is 3. The van der Waals surface area contributed by atoms with E-state index in [0.717, 1.165) is 18.1 Å². The zero-order valence-electron chi connectivity index (χ0n) is 10.5. The number of hydrogen-bond donors (Lipinski definition) is 0. The fourth-order valence-electron chi connectivity index (χ4n) is 2.48. The molecule has 0 saturated heterocycles. The van der Waals surface area contributed by atoms with E-state index in [1.165, 1.54) is 0 Å². The Kier molecular flexibility index (Phi) is 4.44. The molecule has 0 N–H and O–H groups in total. The van der Waals surface area contributed by atoms with E-state index in [9.17, 15) is 14.4 Å². The highest BCUT2D eigenvalue weighted by Gasteiger charge is 2.39. The van der Waals surface area contributed by atoms with Crippen molar-refractivity contribution in [1.29, 1.82) is 0 Å². The van der Waals surface area contributed by atoms with Crippen molar-refractivity contribution >= 4 is 18.5 Å². The van der Waals surface area contributed by atoms with Crippen LogP contribution in [0, 0.1) is 17.8 Å². The molecule has 2 rings (SSSR count). The lowest BCUT2D eigenvalue weighted by molar-refractivity contribution is -0.152. The van der Waals surface area contributed by atoms with E-state index in [1.54, 1.807) is 0 Å². The third kappa shape index (κ3) is 3.28. The second kappa shape index (κ2) is 6.27. The van der Waals surface area contributed by atoms with Crippen LogP contribution in [-0.4, -0.2) is 18.5 Å². The molecule has 1 aliphatic rings. The topological polar surface area (TPSA) is 60.4 Å². The minimum absolute atomic E-state index is 0.202. The van der Waals surface area contributed by atoms with Gasteiger partial charge in [-0.1, -0.05) is 30.3 Å². The van der Waals surface area contributed by atoms with Crippen molar-refractivity contribution in [1.82, 2.24) is 0 Å². The zero-order chi connectivity index (χ0) is 13.7. The van der Waals surface area contributed by atoms with E-state index in [-0.39, 0.29) is 18.5 Å². The monoisotopic (exact) mass is 260 g/mol. The summed E-state index contributed by atoms with van der Waals surface area (Å²) in [6.45, 7) is 0.202. The molecule has 1 fully saturated rings. The van der Waals surface area contributed by atoms with Gasteiger partial charge in [-0.15, -0.1) is 0 Å². The van der Waals surface area contributed by atoms with Crippen molar-refractivity contribution in [2.45, 2.75) is 19.4 Å². The molecular formula is C15H16O4. The molecule has 0 bridgehead atoms. The highest BCUT2D eigenvalue weighted by Crippen LogP contribution is 2.35. The van der Waals surface area contributed by atoms with Crippen LogP contribution in [0.3, 0.4) is 0 Å². The molecule has 0 aromatic heterocycles. The summed E-state index contributed by atoms with van der Waals surface area (Å²) in [6.07, 6.45) is 2.46. The quantitative estimate of drug-likeness (QED) is 0.598. The Labute approximate surface area is 111 Å². The van der Waals surface area contributed by atoms with Crippen LogP contribution < -0.4 is 0 Å². The van der Waals surface area contributed by atoms with Gasteiger partial charge in [0, 0.05) is 11.8 Å². The first-order chi connectivity index (χ1) is 9.24. The summed E-state index contributed by atoms with van der Waals surface area (Å²) < 4.78 is 5.22. The third-order valence-electron chi connectivity index (χ3n) is 3.54. The molecule has 1 saturated carbocycles. The highest BCUT2D eigenvalue weighted by molar-refractivity contribution is 5.78. The van der Waals surface area contributed by atoms with Gasteiger partial charge in [-0.25, -0.2) is 0 Å². The van der Waals surface area contributed by atoms with E-state index < -0.39 is 11.8 Å². The lowest BCUT2D eigenvalue weighted by atomic mass is 9.98. The molecule has 19 heavy (non-hydrogen) atoms. The molecule has 0 spiro atoms. The Morgan fingerprint density at radius 1 is 1.16 bits per heavy atom. The van der Waals surface area contributed by atoms with Gasteiger partial charge in [0.25, 0.3) is 0 Å². The maximum Gasteiger partial charge on any atom is 0.310 e. The molecule has 0 radical (unpaired) electrons. The minimum Gasteiger partial charge on any atom is -0.461 e. The Morgan fingerprint density at radius 3 is 2.53 bits per heavy atom. The summed E-state index contributed by atoms with van der Waals surface area (Å²) in [5.74, 6) is -1.45. The number of carbonyl (C=O) groups is 3. The van der Waals surface area contributed by atoms with E-state index >= 15 is 0 Å². The van der Waals surface area contributed by atoms with Crippen LogP contribution in [0.5, 0.6) is 0 Å². The van der Waals surface area contributed by atoms with Gasteiger partial charge in [0.05, 0.1) is 5.92 Å². The van der Waals surface area contributed by atoms with Crippen LogP contribution in [0.2, 0.25) is 0 Å². The molecule has 1 aliphatic carbocycles. The normalized spacial score (nSPS) is 25.8. The molecule has 3 atom stereocenters. The first-order valence-electron chi connectivity index (χ1n) is 6.35. The second-order valence-corrected chi connectivity index (χ2v) is 4.87. The lowest BCUT2D eigenvalue weighted by Gasteiger charge is -2.13. The number of aldehydes is 2. The standard InChI is InChI=1S/C15H16O4/c16-8-12-6-13(9-17)14(7-12)15(18)19-10-11-4-2-1-3-5-11/h1-5,8-9,12-14H,6-7,10H2/t12-,13+,14-/m1/s1. The van der Waals surface area contributed by atoms with Gasteiger partial charge in [0.2, 0.25) is 0 Å². The van der Waals surface area contributed by atoms with Gasteiger partial charge >= 0.3 is 5.97 Å². The zero-order valence-corrected chi connectivity index (χ0v) is 10.5. The van der Waals surface area contributed by atoms with Gasteiger partial charge in [-0.05, 0) is 18.4 Å². The van der Waals surface area contributed by atoms with Crippen molar-refractivity contribution in [2.24, 2.45) is 17.8 Å². The summed E-state index contributed by atoms with van der Waals surface area (Å²) >= 11 is 0. The number of hydrogen-bond acceptors (Lipinski definition) is 4. The van der Waals surface area contributed by atoms with Gasteiger partial charge < -0.3 is 14.3 Å². The van der Waals surface area contributed by atoms with E-state index in [4.69, 9.17) is 4.74 Å². The molecule has 1 aromatic rings. The maximum absolute atomic E-state index is 12.0. The smallest absolute Gasteiger partial charge is 0.310 e. The molecule has 1 aromatic carbocycles. The number of ether oxygens (including phenoxy) is 1. The van der Waals surface area contributed by atoms with E-state index in [2.05, 4.69) is 0 Å². The predicted octanol–water partition coefficient (Wildman–Crippen LogP) is 1.77. The number of esters is 1. The summed E-state index contributed by atoms with van der Waals surface area (Å²) in [5, 5.41) is 0. The third-order valence-corrected chi connectivity index (χ3v) is 3.54. The first-order valence-corrected chi connectivity index (χ1v) is 6.35. The first kappa shape index (κ1) is 13.5. The van der Waals surface area contributed by atoms with Gasteiger partial charge in [-0.2, -0.15) is 0 Å². The van der Waals surface area contributed by atoms with Crippen LogP contribution in [0.25, 0.3) is 0 Å². The molecular weight excluding hydrogens is 244 g/mol. The SMILES string of the molecule is O=C[C@@H]1C[C@@H](C=O)[C@H](C(=O)OCc2ccccc2)C1. The van der Waals surface area contributed by atoms with E-state index in [0.29, 0.717) is 12.8 Å². The summed E-state index contributed by atoms with van der Waals surface area (Å²) in [4.78, 5) is 33.6. The maximum atomic E-state index is 12.0. The van der Waals surface area contributed by atoms with Gasteiger partial charge in [-0.3, -0.25) is 4.79 Å². The number of rotatable bonds is 5. The highest BCUT2D eigenvalue weighted by atomic mass is 16.5. The van der Waals surface area contributed by atoms with E-state index in [1.807, 2.05) is 30.3 Å². The van der Waals surface area contributed by atoms with Crippen molar-refractivity contribution < 1.29 is 19.1 Å². The van der Waals surface area contributed by atoms with Crippen LogP contribution in [0.1, 0.15) is 18.4 Å². The fourth-order valence-corrected chi connectivity index (χ4v) is 2.48. The van der Waals surface area contributed by atoms with Crippen LogP contribution >= 0.6 is 0 Å². The minimum atomic E-state index is -0.476. The molecule has 100 valence electrons. The van der Waals surface area contributed by atoms with Gasteiger partial charge in [0.15, 0.2) is 0 Å². The fraction of sp³-hybridized carbons (Fsp3) is 0.400. The Balaban J connectivity index is 1.92. The van der Waals surface area contributed by atoms with Crippen molar-refractivity contribution in [3.8, 4) is 0 Å². The van der Waals surface area contributed by atoms with Crippen LogP contribution in [-0.2, 0) is 25.7 Å². The Hall–Kier alpha value is -1.97. The molecule has 4 heteroatoms. The Bertz CT molecular complexity index is 454. The Morgan fingerprint density at radius 2 is 1.89 bits per heavy atom. The average molecular weight is 260 g/mol. The molecule has 0 heterocycles. The van der Waals surface area contributed by atoms with Crippen LogP contribution in [0.4, 0.5) is 0 Å². The summed E-state index contributed by atoms with van der Waals surface area (Å²) in [6, 6.07) is 9.37. The van der Waals surface area contributed by atoms with Gasteiger partial charge in [0.1, 0.15) is 19.2 Å². The predicted molar refractivity (Wildman–Crippen MR) is 68.1 cm³/mol. The van der Waals surface area contributed by atoms with Crippen molar-refractivity contribution in [2.75, 3.05) is 0 Å². The largest absolute Gasteiger partial charge is 0.461 e. The molecule has 0 unspecified atom stereocenters. The van der Waals surface area contributed by atoms with Crippen LogP contribution in [0.15, 0.2) is 30.3 Å². The molecule has 0 aliphatic heterocycles. The summed E-state index contributed by atoms with van der Waals surface area (Å²) in [5.41, 5.74) is 0.906. The van der Waals surface area contributed by atoms with Crippen molar-refractivity contribution in [3.05, 3.63) is 35.9 Å². The molecule has 4 nitrogen and oxygen atoms in total. The summed E-state index contributed by atoms with van der Waals surface area (Å²) in [7, 11) is 0. The second-order valence-electron chi connectivity index (χ2n) is 4.87.